The van der Waals surface area contributed by atoms with Gasteiger partial charge >= 0.3 is 0 Å². The molecule has 0 aliphatic carbocycles. The van der Waals surface area contributed by atoms with Crippen molar-refractivity contribution in [2.75, 3.05) is 0 Å². The second kappa shape index (κ2) is 7.71. The number of fused-ring (bicyclic) bond motifs is 2. The number of allylic oxidation sites excluding steroid dienone is 2. The Balaban J connectivity index is 1.63. The normalized spacial score (nSPS) is 15.7. The van der Waals surface area contributed by atoms with Crippen LogP contribution in [0, 0.1) is 0 Å². The monoisotopic (exact) mass is 392 g/mol. The average molecular weight is 393 g/mol. The smallest absolute Gasteiger partial charge is 0.165 e. The van der Waals surface area contributed by atoms with Crippen LogP contribution in [0.1, 0.15) is 33.1 Å². The third kappa shape index (κ3) is 3.45. The summed E-state index contributed by atoms with van der Waals surface area (Å²) in [7, 11) is 0. The molecule has 0 fully saturated rings. The van der Waals surface area contributed by atoms with Crippen molar-refractivity contribution >= 4 is 33.3 Å². The number of aromatic nitrogens is 2. The molecule has 0 radical (unpaired) electrons. The number of amidine groups is 1. The number of hydrogen-bond acceptors (Lipinski definition) is 3. The van der Waals surface area contributed by atoms with Crippen LogP contribution in [0.3, 0.4) is 0 Å². The molecule has 0 unspecified atom stereocenters. The van der Waals surface area contributed by atoms with Crippen molar-refractivity contribution in [1.29, 1.82) is 0 Å². The van der Waals surface area contributed by atoms with Crippen molar-refractivity contribution < 1.29 is 0 Å². The lowest BCUT2D eigenvalue weighted by Crippen LogP contribution is -2.26. The molecule has 4 nitrogen and oxygen atoms in total. The van der Waals surface area contributed by atoms with Gasteiger partial charge in [-0.05, 0) is 48.7 Å². The Morgan fingerprint density at radius 3 is 2.53 bits per heavy atom. The lowest BCUT2D eigenvalue weighted by molar-refractivity contribution is 0.819. The van der Waals surface area contributed by atoms with E-state index in [2.05, 4.69) is 61.6 Å². The minimum absolute atomic E-state index is 0.705. The van der Waals surface area contributed by atoms with E-state index in [9.17, 15) is 0 Å². The lowest BCUT2D eigenvalue weighted by atomic mass is 10.0. The molecule has 1 aromatic heterocycles. The third-order valence-electron chi connectivity index (χ3n) is 5.78. The van der Waals surface area contributed by atoms with Gasteiger partial charge < -0.3 is 5.32 Å². The Bertz CT molecular complexity index is 1320. The van der Waals surface area contributed by atoms with Crippen LogP contribution in [0.5, 0.6) is 0 Å². The number of aliphatic imine (C=N–C) groups is 1. The molecule has 4 heteroatoms. The molecule has 0 saturated carbocycles. The van der Waals surface area contributed by atoms with Gasteiger partial charge in [-0.25, -0.2) is 15.0 Å². The topological polar surface area (TPSA) is 50.2 Å². The Labute approximate surface area is 176 Å². The maximum Gasteiger partial charge on any atom is 0.165 e. The summed E-state index contributed by atoms with van der Waals surface area (Å²) >= 11 is 0. The SMILES string of the molecule is CCC1=C(C)NC(=Nc2nc(-c3ccc4ccccc4c3)nc3ccccc23)CC1. The van der Waals surface area contributed by atoms with E-state index in [0.717, 1.165) is 47.4 Å². The van der Waals surface area contributed by atoms with E-state index in [-0.39, 0.29) is 0 Å². The summed E-state index contributed by atoms with van der Waals surface area (Å²) in [5.74, 6) is 2.40. The van der Waals surface area contributed by atoms with Crippen LogP contribution in [-0.4, -0.2) is 15.8 Å². The van der Waals surface area contributed by atoms with Crippen LogP contribution in [0.25, 0.3) is 33.1 Å². The molecule has 1 N–H and O–H groups in total. The average Bonchev–Trinajstić information content (AvgIpc) is 2.79. The first kappa shape index (κ1) is 18.5. The first-order valence-electron chi connectivity index (χ1n) is 10.5. The van der Waals surface area contributed by atoms with Gasteiger partial charge in [0.25, 0.3) is 0 Å². The zero-order valence-corrected chi connectivity index (χ0v) is 17.3. The van der Waals surface area contributed by atoms with E-state index in [1.54, 1.807) is 0 Å². The van der Waals surface area contributed by atoms with Gasteiger partial charge in [0.2, 0.25) is 0 Å². The van der Waals surface area contributed by atoms with Crippen molar-refractivity contribution in [3.8, 4) is 11.4 Å². The van der Waals surface area contributed by atoms with E-state index in [1.165, 1.54) is 22.0 Å². The van der Waals surface area contributed by atoms with Crippen molar-refractivity contribution in [2.24, 2.45) is 4.99 Å². The van der Waals surface area contributed by atoms with Crippen molar-refractivity contribution in [2.45, 2.75) is 33.1 Å². The minimum atomic E-state index is 0.705. The summed E-state index contributed by atoms with van der Waals surface area (Å²) in [4.78, 5) is 14.7. The molecule has 0 atom stereocenters. The molecule has 3 aromatic carbocycles. The molecule has 4 aromatic rings. The second-order valence-electron chi connectivity index (χ2n) is 7.72. The number of nitrogens with zero attached hydrogens (tertiary/aromatic N) is 3. The lowest BCUT2D eigenvalue weighted by Gasteiger charge is -2.20. The molecule has 30 heavy (non-hydrogen) atoms. The zero-order chi connectivity index (χ0) is 20.5. The summed E-state index contributed by atoms with van der Waals surface area (Å²) in [6.07, 6.45) is 3.04. The third-order valence-corrected chi connectivity index (χ3v) is 5.78. The van der Waals surface area contributed by atoms with Crippen LogP contribution in [0.4, 0.5) is 5.82 Å². The summed E-state index contributed by atoms with van der Waals surface area (Å²) in [6.45, 7) is 4.34. The molecule has 0 spiro atoms. The molecule has 1 aliphatic rings. The van der Waals surface area contributed by atoms with E-state index >= 15 is 0 Å². The van der Waals surface area contributed by atoms with Gasteiger partial charge in [-0.1, -0.05) is 61.0 Å². The molecule has 148 valence electrons. The fraction of sp³-hybridized carbons (Fsp3) is 0.192. The highest BCUT2D eigenvalue weighted by Crippen LogP contribution is 2.29. The van der Waals surface area contributed by atoms with Gasteiger partial charge in [0.15, 0.2) is 11.6 Å². The van der Waals surface area contributed by atoms with Crippen molar-refractivity contribution in [1.82, 2.24) is 15.3 Å². The largest absolute Gasteiger partial charge is 0.348 e. The van der Waals surface area contributed by atoms with Gasteiger partial charge in [-0.3, -0.25) is 0 Å². The predicted octanol–water partition coefficient (Wildman–Crippen LogP) is 6.55. The van der Waals surface area contributed by atoms with Gasteiger partial charge in [-0.2, -0.15) is 0 Å². The van der Waals surface area contributed by atoms with E-state index < -0.39 is 0 Å². The molecular formula is C26H24N4. The first-order valence-corrected chi connectivity index (χ1v) is 10.5. The summed E-state index contributed by atoms with van der Waals surface area (Å²) in [5.41, 5.74) is 4.60. The number of hydrogen-bond donors (Lipinski definition) is 1. The molecule has 0 saturated heterocycles. The van der Waals surface area contributed by atoms with Crippen LogP contribution in [0.15, 0.2) is 83.0 Å². The van der Waals surface area contributed by atoms with E-state index in [1.807, 2.05) is 24.3 Å². The summed E-state index contributed by atoms with van der Waals surface area (Å²) < 4.78 is 0. The number of benzene rings is 3. The molecule has 0 bridgehead atoms. The highest BCUT2D eigenvalue weighted by atomic mass is 15.1. The summed E-state index contributed by atoms with van der Waals surface area (Å²) in [6, 6.07) is 22.8. The number of nitrogens with one attached hydrogen (secondary N) is 1. The quantitative estimate of drug-likeness (QED) is 0.430. The van der Waals surface area contributed by atoms with Crippen molar-refractivity contribution in [3.05, 3.63) is 78.0 Å². The van der Waals surface area contributed by atoms with Crippen LogP contribution in [0.2, 0.25) is 0 Å². The van der Waals surface area contributed by atoms with Gasteiger partial charge in [0.05, 0.1) is 5.52 Å². The van der Waals surface area contributed by atoms with E-state index in [4.69, 9.17) is 15.0 Å². The maximum absolute atomic E-state index is 4.93. The fourth-order valence-electron chi connectivity index (χ4n) is 4.08. The predicted molar refractivity (Wildman–Crippen MR) is 125 cm³/mol. The molecule has 2 heterocycles. The first-order chi connectivity index (χ1) is 14.7. The summed E-state index contributed by atoms with van der Waals surface area (Å²) in [5, 5.41) is 6.85. The Morgan fingerprint density at radius 1 is 0.900 bits per heavy atom. The Kier molecular flexibility index (Phi) is 4.75. The molecule has 5 rings (SSSR count). The minimum Gasteiger partial charge on any atom is -0.348 e. The second-order valence-corrected chi connectivity index (χ2v) is 7.72. The van der Waals surface area contributed by atoms with E-state index in [0.29, 0.717) is 5.82 Å². The standard InChI is InChI=1S/C26H24N4/c1-3-18-14-15-24(27-17(18)2)29-26-22-10-6-7-11-23(22)28-25(30-26)21-13-12-19-8-4-5-9-20(19)16-21/h4-13,16H,3,14-15H2,1-2H3,(H,27,28,29,30). The van der Waals surface area contributed by atoms with Crippen LogP contribution >= 0.6 is 0 Å². The number of para-hydroxylation sites is 1. The molecule has 0 amide bonds. The zero-order valence-electron chi connectivity index (χ0n) is 17.3. The molecular weight excluding hydrogens is 368 g/mol. The maximum atomic E-state index is 4.93. The van der Waals surface area contributed by atoms with Gasteiger partial charge in [0, 0.05) is 23.1 Å². The van der Waals surface area contributed by atoms with Gasteiger partial charge in [0.1, 0.15) is 5.84 Å². The van der Waals surface area contributed by atoms with Crippen molar-refractivity contribution in [3.63, 3.8) is 0 Å². The highest BCUT2D eigenvalue weighted by Gasteiger charge is 2.15. The van der Waals surface area contributed by atoms with Crippen LogP contribution in [-0.2, 0) is 0 Å². The van der Waals surface area contributed by atoms with Gasteiger partial charge in [-0.15, -0.1) is 0 Å². The highest BCUT2D eigenvalue weighted by molar-refractivity contribution is 5.95. The van der Waals surface area contributed by atoms with Crippen LogP contribution < -0.4 is 5.32 Å². The fourth-order valence-corrected chi connectivity index (χ4v) is 4.08. The molecule has 1 aliphatic heterocycles. The number of rotatable bonds is 3. The Morgan fingerprint density at radius 2 is 1.70 bits per heavy atom. The Hall–Kier alpha value is -3.53.